The molecular formula is C73H103N13O23. The SMILES string of the molecule is C=C1C(=O)N[C@@H](C)C(=O)N(C)[C@@H](C)C(=O)N[C@@H]([C@H](OC(=O)[C@@H](NC(=O)CC)[C@H](OC(=O)OCc2ccc(NC(=O)[C@H](CCCNC(N)=O)NC(=O)[C@@H](NC(=O)CCN3C(=O)C=CC3=O)C(C)C)cc2)C(C)C)C(C)C)C(=O)N(C)[C@@H]([C@@H](C)OC)C(=O)O[C@H](C)[C@H](NC(C)=O)C(=O)O[C@H](Cc2ccccc2)C(=O)N1C. The van der Waals surface area contributed by atoms with Crippen LogP contribution in [0.4, 0.5) is 15.3 Å². The predicted octanol–water partition coefficient (Wildman–Crippen LogP) is 0.430. The lowest BCUT2D eigenvalue weighted by Gasteiger charge is -2.38. The Bertz CT molecular complexity index is 3680. The number of nitrogens with one attached hydrogen (secondary N) is 8. The highest BCUT2D eigenvalue weighted by molar-refractivity contribution is 6.13. The summed E-state index contributed by atoms with van der Waals surface area (Å²) in [6, 6.07) is 0.249. The molecule has 2 aliphatic heterocycles. The number of nitrogens with two attached hydrogens (primary N) is 1. The van der Waals surface area contributed by atoms with Crippen molar-refractivity contribution in [3.05, 3.63) is 90.2 Å². The second-order valence-electron chi connectivity index (χ2n) is 27.2. The van der Waals surface area contributed by atoms with Crippen molar-refractivity contribution in [1.29, 1.82) is 0 Å². The number of benzene rings is 2. The molecule has 13 atom stereocenters. The number of carbonyl (C=O) groups is 17. The summed E-state index contributed by atoms with van der Waals surface area (Å²) in [7, 11) is 4.67. The van der Waals surface area contributed by atoms with E-state index in [4.69, 9.17) is 34.2 Å². The molecule has 0 aromatic heterocycles. The molecule has 1 fully saturated rings. The predicted molar refractivity (Wildman–Crippen MR) is 388 cm³/mol. The Balaban J connectivity index is 1.67. The monoisotopic (exact) mass is 1530 g/mol. The molecule has 109 heavy (non-hydrogen) atoms. The van der Waals surface area contributed by atoms with Gasteiger partial charge in [0.2, 0.25) is 47.3 Å². The first-order chi connectivity index (χ1) is 51.1. The Kier molecular flexibility index (Phi) is 34.9. The first kappa shape index (κ1) is 90.1. The summed E-state index contributed by atoms with van der Waals surface area (Å²) in [6.07, 6.45) is -8.00. The van der Waals surface area contributed by atoms with Crippen LogP contribution in [0.25, 0.3) is 0 Å². The van der Waals surface area contributed by atoms with Crippen molar-refractivity contribution in [2.45, 2.75) is 201 Å². The topological polar surface area (TPSA) is 481 Å². The van der Waals surface area contributed by atoms with Gasteiger partial charge in [0.25, 0.3) is 23.6 Å². The van der Waals surface area contributed by atoms with Crippen LogP contribution < -0.4 is 48.3 Å². The van der Waals surface area contributed by atoms with Crippen LogP contribution in [-0.4, -0.2) is 241 Å². The third-order valence-corrected chi connectivity index (χ3v) is 17.8. The van der Waals surface area contributed by atoms with Crippen molar-refractivity contribution in [3.63, 3.8) is 0 Å². The quantitative estimate of drug-likeness (QED) is 0.0175. The van der Waals surface area contributed by atoms with Crippen molar-refractivity contribution < 1.29 is 110 Å². The van der Waals surface area contributed by atoms with Crippen LogP contribution in [0.5, 0.6) is 0 Å². The second kappa shape index (κ2) is 42.3. The lowest BCUT2D eigenvalue weighted by Crippen LogP contribution is -2.64. The summed E-state index contributed by atoms with van der Waals surface area (Å²) in [5, 5.41) is 20.3. The van der Waals surface area contributed by atoms with Crippen LogP contribution >= 0.6 is 0 Å². The summed E-state index contributed by atoms with van der Waals surface area (Å²) in [4.78, 5) is 236. The second-order valence-corrected chi connectivity index (χ2v) is 27.2. The lowest BCUT2D eigenvalue weighted by atomic mass is 9.95. The molecule has 2 heterocycles. The van der Waals surface area contributed by atoms with Gasteiger partial charge in [-0.3, -0.25) is 62.4 Å². The van der Waals surface area contributed by atoms with E-state index in [1.54, 1.807) is 44.2 Å². The lowest BCUT2D eigenvalue weighted by molar-refractivity contribution is -0.174. The van der Waals surface area contributed by atoms with Crippen molar-refractivity contribution >= 4 is 107 Å². The smallest absolute Gasteiger partial charge is 0.458 e. The van der Waals surface area contributed by atoms with Gasteiger partial charge in [-0.25, -0.2) is 24.0 Å². The summed E-state index contributed by atoms with van der Waals surface area (Å²) >= 11 is 0. The number of cyclic esters (lactones) is 2. The van der Waals surface area contributed by atoms with Gasteiger partial charge < -0.3 is 91.4 Å². The number of likely N-dealkylation sites (N-methyl/N-ethyl adjacent to an activating group) is 3. The highest BCUT2D eigenvalue weighted by Gasteiger charge is 2.47. The van der Waals surface area contributed by atoms with Gasteiger partial charge >= 0.3 is 30.1 Å². The fraction of sp³-hybridized carbons (Fsp3) is 0.548. The largest absolute Gasteiger partial charge is 0.508 e. The third-order valence-electron chi connectivity index (χ3n) is 17.8. The average Bonchev–Trinajstić information content (AvgIpc) is 1.65. The van der Waals surface area contributed by atoms with Crippen molar-refractivity contribution in [3.8, 4) is 0 Å². The Morgan fingerprint density at radius 3 is 1.86 bits per heavy atom. The number of imide groups is 1. The number of hydrogen-bond acceptors (Lipinski definition) is 23. The number of anilines is 1. The first-order valence-corrected chi connectivity index (χ1v) is 35.4. The molecule has 0 saturated carbocycles. The van der Waals surface area contributed by atoms with Crippen LogP contribution in [0.2, 0.25) is 0 Å². The van der Waals surface area contributed by atoms with Gasteiger partial charge in [-0.1, -0.05) is 97.5 Å². The number of primary amides is 1. The van der Waals surface area contributed by atoms with Crippen LogP contribution in [0, 0.1) is 17.8 Å². The summed E-state index contributed by atoms with van der Waals surface area (Å²) in [5.41, 5.74) is 5.70. The zero-order chi connectivity index (χ0) is 82.0. The highest BCUT2D eigenvalue weighted by atomic mass is 16.7. The van der Waals surface area contributed by atoms with Crippen molar-refractivity contribution in [1.82, 2.24) is 56.8 Å². The zero-order valence-corrected chi connectivity index (χ0v) is 64.2. The molecule has 14 amide bonds. The molecular weight excluding hydrogens is 1430 g/mol. The molecule has 36 heteroatoms. The maximum atomic E-state index is 15.5. The number of carbonyl (C=O) groups excluding carboxylic acids is 17. The van der Waals surface area contributed by atoms with Crippen LogP contribution in [-0.2, 0) is 113 Å². The molecule has 598 valence electrons. The standard InChI is InChI=1S/C73H103N13O23/c1-18-51(88)80-58(61(39(6)7)109-73(103)105-36-47-26-28-48(29-27-47)78-64(94)49(25-22-33-75-72(74)102)79-65(95)55(37(2)3)81-52(89)32-34-86-53(90)30-31-54(86)91)70(100)108-60(38(4)5)57-68(98)85(16)59(44(12)104-17)71(101)106-43(11)56(77-45(13)87)69(99)107-50(35-46-23-20-19-21-24-46)67(97)84(15)41(9)62(92)76-40(8)66(96)83(14)42(10)63(93)82-57/h19-21,23-24,26-31,37-40,42-44,49-50,55-61H,9,18,22,25,32-36H2,1-8,10-17H3,(H,76,92)(H,77,87)(H,78,94)(H,79,95)(H,80,88)(H,81,89)(H,82,93)(H3,74,75,102)/t40-,42-,43+,44+,49-,50+,55-,56-,57-,58-,59-,60+,61+/m0/s1. The molecule has 0 bridgehead atoms. The number of rotatable bonds is 29. The van der Waals surface area contributed by atoms with Crippen LogP contribution in [0.1, 0.15) is 120 Å². The summed E-state index contributed by atoms with van der Waals surface area (Å²) in [6.45, 7) is 20.0. The molecule has 0 unspecified atom stereocenters. The highest BCUT2D eigenvalue weighted by Crippen LogP contribution is 2.24. The maximum Gasteiger partial charge on any atom is 0.508 e. The van der Waals surface area contributed by atoms with Crippen LogP contribution in [0.3, 0.4) is 0 Å². The van der Waals surface area contributed by atoms with E-state index in [-0.39, 0.29) is 50.9 Å². The van der Waals surface area contributed by atoms with E-state index in [1.165, 1.54) is 101 Å². The Hall–Kier alpha value is -11.3. The number of hydrogen-bond donors (Lipinski definition) is 9. The van der Waals surface area contributed by atoms with E-state index in [1.807, 2.05) is 0 Å². The molecule has 1 saturated heterocycles. The molecule has 4 rings (SSSR count). The molecule has 2 aliphatic rings. The van der Waals surface area contributed by atoms with Gasteiger partial charge in [-0.2, -0.15) is 0 Å². The van der Waals surface area contributed by atoms with Gasteiger partial charge in [-0.05, 0) is 81.5 Å². The van der Waals surface area contributed by atoms with E-state index in [0.29, 0.717) is 11.1 Å². The molecule has 10 N–H and O–H groups in total. The molecule has 2 aromatic rings. The Morgan fingerprint density at radius 2 is 1.30 bits per heavy atom. The summed E-state index contributed by atoms with van der Waals surface area (Å²) < 4.78 is 34.7. The third kappa shape index (κ3) is 26.5. The molecule has 0 spiro atoms. The van der Waals surface area contributed by atoms with Gasteiger partial charge in [0.05, 0.1) is 6.10 Å². The number of nitrogens with zero attached hydrogens (tertiary/aromatic N) is 4. The molecule has 2 aromatic carbocycles. The Labute approximate surface area is 632 Å². The fourth-order valence-electron chi connectivity index (χ4n) is 11.2. The van der Waals surface area contributed by atoms with E-state index in [2.05, 4.69) is 49.1 Å². The van der Waals surface area contributed by atoms with Gasteiger partial charge in [0, 0.05) is 85.4 Å². The first-order valence-electron chi connectivity index (χ1n) is 35.4. The zero-order valence-electron chi connectivity index (χ0n) is 64.2. The number of amides is 14. The number of methoxy groups -OCH3 is 1. The summed E-state index contributed by atoms with van der Waals surface area (Å²) in [5.74, 6) is -16.2. The van der Waals surface area contributed by atoms with Crippen LogP contribution in [0.15, 0.2) is 79.0 Å². The molecule has 36 nitrogen and oxygen atoms in total. The fourth-order valence-corrected chi connectivity index (χ4v) is 11.2. The van der Waals surface area contributed by atoms with E-state index >= 15 is 9.59 Å². The van der Waals surface area contributed by atoms with E-state index in [9.17, 15) is 71.9 Å². The normalized spacial score (nSPS) is 21.1. The van der Waals surface area contributed by atoms with Gasteiger partial charge in [0.1, 0.15) is 60.8 Å². The van der Waals surface area contributed by atoms with Crippen molar-refractivity contribution in [2.75, 3.05) is 46.7 Å². The minimum atomic E-state index is -2.03. The van der Waals surface area contributed by atoms with Gasteiger partial charge in [0.15, 0.2) is 24.2 Å². The number of esters is 3. The minimum absolute atomic E-state index is 0.0289. The maximum absolute atomic E-state index is 15.5. The van der Waals surface area contributed by atoms with Gasteiger partial charge in [-0.15, -0.1) is 0 Å². The van der Waals surface area contributed by atoms with E-state index < -0.39 is 210 Å². The Morgan fingerprint density at radius 1 is 0.688 bits per heavy atom. The van der Waals surface area contributed by atoms with Crippen molar-refractivity contribution in [2.24, 2.45) is 23.5 Å². The minimum Gasteiger partial charge on any atom is -0.458 e. The molecule has 0 aliphatic carbocycles. The molecule has 0 radical (unpaired) electrons. The number of ether oxygens (including phenoxy) is 6. The average molecular weight is 1530 g/mol. The number of urea groups is 1. The van der Waals surface area contributed by atoms with E-state index in [0.717, 1.165) is 52.8 Å².